The van der Waals surface area contributed by atoms with Crippen LogP contribution in [0.5, 0.6) is 0 Å². The standard InChI is InChI=1S/C37H36N4O4/c1-45-37(44)28-15-20-31-32(23-28)39-36(43)34(31)35(27-13-7-3-8-14-27)38-29-16-18-30(19-17-29)41(24-26-11-5-2-6-12-26)33(42)25-40-21-9-4-10-22-40/h2-3,5-8,11-20,23,38H,4,9-10,21-22,24-25H2,1H3,(H,39,43)/b35-34-. The molecule has 4 aromatic rings. The number of likely N-dealkylation sites (tertiary alicyclic amines) is 1. The van der Waals surface area contributed by atoms with E-state index in [2.05, 4.69) is 15.5 Å². The lowest BCUT2D eigenvalue weighted by Gasteiger charge is -2.30. The Hall–Kier alpha value is -5.21. The number of nitrogens with one attached hydrogen (secondary N) is 2. The summed E-state index contributed by atoms with van der Waals surface area (Å²) < 4.78 is 4.85. The number of piperidine rings is 1. The maximum absolute atomic E-state index is 13.7. The highest BCUT2D eigenvalue weighted by Crippen LogP contribution is 2.38. The van der Waals surface area contributed by atoms with Crippen molar-refractivity contribution in [2.75, 3.05) is 42.3 Å². The summed E-state index contributed by atoms with van der Waals surface area (Å²) in [7, 11) is 1.33. The number of benzene rings is 4. The number of esters is 1. The molecule has 2 N–H and O–H groups in total. The van der Waals surface area contributed by atoms with E-state index < -0.39 is 5.97 Å². The number of anilines is 3. The first kappa shape index (κ1) is 29.8. The fraction of sp³-hybridized carbons (Fsp3) is 0.216. The fourth-order valence-electron chi connectivity index (χ4n) is 5.90. The second kappa shape index (κ2) is 13.6. The van der Waals surface area contributed by atoms with Crippen LogP contribution in [0.25, 0.3) is 11.3 Å². The molecular weight excluding hydrogens is 564 g/mol. The molecule has 4 aromatic carbocycles. The number of methoxy groups -OCH3 is 1. The highest BCUT2D eigenvalue weighted by molar-refractivity contribution is 6.37. The number of ether oxygens (including phenoxy) is 1. The number of carbonyl (C=O) groups excluding carboxylic acids is 3. The van der Waals surface area contributed by atoms with Crippen molar-refractivity contribution in [3.8, 4) is 0 Å². The Bertz CT molecular complexity index is 1710. The van der Waals surface area contributed by atoms with Crippen LogP contribution in [-0.2, 0) is 20.9 Å². The summed E-state index contributed by atoms with van der Waals surface area (Å²) in [5.74, 6) is -0.673. The van der Waals surface area contributed by atoms with Gasteiger partial charge in [0.15, 0.2) is 0 Å². The van der Waals surface area contributed by atoms with Crippen molar-refractivity contribution >= 4 is 46.1 Å². The molecule has 0 aromatic heterocycles. The quantitative estimate of drug-likeness (QED) is 0.170. The average Bonchev–Trinajstić information content (AvgIpc) is 3.41. The molecule has 2 aliphatic rings. The smallest absolute Gasteiger partial charge is 0.337 e. The van der Waals surface area contributed by atoms with Gasteiger partial charge < -0.3 is 20.3 Å². The predicted octanol–water partition coefficient (Wildman–Crippen LogP) is 6.42. The van der Waals surface area contributed by atoms with E-state index in [1.165, 1.54) is 13.5 Å². The lowest BCUT2D eigenvalue weighted by Crippen LogP contribution is -2.42. The van der Waals surface area contributed by atoms with Crippen LogP contribution in [0.2, 0.25) is 0 Å². The first-order valence-corrected chi connectivity index (χ1v) is 15.3. The van der Waals surface area contributed by atoms with Crippen LogP contribution in [0.3, 0.4) is 0 Å². The van der Waals surface area contributed by atoms with Gasteiger partial charge in [0.1, 0.15) is 0 Å². The molecule has 6 rings (SSSR count). The average molecular weight is 601 g/mol. The van der Waals surface area contributed by atoms with Gasteiger partial charge in [0.05, 0.1) is 42.7 Å². The molecule has 0 atom stereocenters. The zero-order valence-electron chi connectivity index (χ0n) is 25.3. The number of amides is 2. The second-order valence-electron chi connectivity index (χ2n) is 11.3. The van der Waals surface area contributed by atoms with Crippen molar-refractivity contribution in [3.63, 3.8) is 0 Å². The van der Waals surface area contributed by atoms with E-state index in [0.29, 0.717) is 41.2 Å². The van der Waals surface area contributed by atoms with Crippen molar-refractivity contribution in [2.24, 2.45) is 0 Å². The van der Waals surface area contributed by atoms with Gasteiger partial charge >= 0.3 is 5.97 Å². The third-order valence-electron chi connectivity index (χ3n) is 8.24. The molecule has 2 aliphatic heterocycles. The summed E-state index contributed by atoms with van der Waals surface area (Å²) >= 11 is 0. The first-order chi connectivity index (χ1) is 22.0. The maximum Gasteiger partial charge on any atom is 0.337 e. The zero-order chi connectivity index (χ0) is 31.2. The van der Waals surface area contributed by atoms with Gasteiger partial charge in [-0.15, -0.1) is 0 Å². The number of carbonyl (C=O) groups is 3. The summed E-state index contributed by atoms with van der Waals surface area (Å²) in [5.41, 5.74) is 6.16. The van der Waals surface area contributed by atoms with Gasteiger partial charge in [-0.3, -0.25) is 14.5 Å². The second-order valence-corrected chi connectivity index (χ2v) is 11.3. The molecular formula is C37H36N4O4. The first-order valence-electron chi connectivity index (χ1n) is 15.3. The van der Waals surface area contributed by atoms with Gasteiger partial charge in [0.25, 0.3) is 5.91 Å². The maximum atomic E-state index is 13.7. The zero-order valence-corrected chi connectivity index (χ0v) is 25.3. The largest absolute Gasteiger partial charge is 0.465 e. The van der Waals surface area contributed by atoms with E-state index >= 15 is 0 Å². The SMILES string of the molecule is COC(=O)c1ccc2c(c1)NC(=O)/C2=C(\Nc1ccc(N(Cc2ccccc2)C(=O)CN2CCCCC2)cc1)c1ccccc1. The van der Waals surface area contributed by atoms with E-state index in [1.807, 2.05) is 89.8 Å². The topological polar surface area (TPSA) is 91.0 Å². The lowest BCUT2D eigenvalue weighted by molar-refractivity contribution is -0.120. The van der Waals surface area contributed by atoms with Crippen molar-refractivity contribution in [1.82, 2.24) is 4.90 Å². The number of nitrogens with zero attached hydrogens (tertiary/aromatic N) is 2. The van der Waals surface area contributed by atoms with Crippen molar-refractivity contribution in [3.05, 3.63) is 125 Å². The van der Waals surface area contributed by atoms with Crippen molar-refractivity contribution in [2.45, 2.75) is 25.8 Å². The molecule has 2 amide bonds. The normalized spacial score (nSPS) is 15.5. The molecule has 0 radical (unpaired) electrons. The minimum atomic E-state index is -0.471. The van der Waals surface area contributed by atoms with E-state index in [0.717, 1.165) is 48.4 Å². The van der Waals surface area contributed by atoms with Crippen LogP contribution in [-0.4, -0.2) is 49.4 Å². The summed E-state index contributed by atoms with van der Waals surface area (Å²) in [6.07, 6.45) is 3.47. The van der Waals surface area contributed by atoms with E-state index in [-0.39, 0.29) is 11.8 Å². The van der Waals surface area contributed by atoms with Crippen molar-refractivity contribution < 1.29 is 19.1 Å². The van der Waals surface area contributed by atoms with E-state index in [4.69, 9.17) is 4.74 Å². The monoisotopic (exact) mass is 600 g/mol. The summed E-state index contributed by atoms with van der Waals surface area (Å²) in [6, 6.07) is 32.5. The Morgan fingerprint density at radius 2 is 1.53 bits per heavy atom. The Labute approximate surface area is 263 Å². The highest BCUT2D eigenvalue weighted by atomic mass is 16.5. The number of fused-ring (bicyclic) bond motifs is 1. The van der Waals surface area contributed by atoms with Gasteiger partial charge in [-0.05, 0) is 73.5 Å². The number of hydrogen-bond acceptors (Lipinski definition) is 6. The lowest BCUT2D eigenvalue weighted by atomic mass is 9.99. The minimum absolute atomic E-state index is 0.0686. The van der Waals surface area contributed by atoms with Crippen LogP contribution < -0.4 is 15.5 Å². The van der Waals surface area contributed by atoms with Gasteiger partial charge in [0, 0.05) is 16.9 Å². The van der Waals surface area contributed by atoms with Crippen LogP contribution in [0, 0.1) is 0 Å². The summed E-state index contributed by atoms with van der Waals surface area (Å²) in [6.45, 7) is 2.77. The molecule has 0 spiro atoms. The van der Waals surface area contributed by atoms with Gasteiger partial charge in [-0.2, -0.15) is 0 Å². The molecule has 0 unspecified atom stereocenters. The molecule has 0 saturated carbocycles. The van der Waals surface area contributed by atoms with Crippen LogP contribution in [0.15, 0.2) is 103 Å². The van der Waals surface area contributed by atoms with E-state index in [9.17, 15) is 14.4 Å². The molecule has 0 bridgehead atoms. The van der Waals surface area contributed by atoms with Crippen LogP contribution in [0.1, 0.15) is 46.3 Å². The van der Waals surface area contributed by atoms with Gasteiger partial charge in [-0.1, -0.05) is 73.2 Å². The minimum Gasteiger partial charge on any atom is -0.465 e. The number of hydrogen-bond donors (Lipinski definition) is 2. The fourth-order valence-corrected chi connectivity index (χ4v) is 5.90. The Kier molecular flexibility index (Phi) is 9.03. The highest BCUT2D eigenvalue weighted by Gasteiger charge is 2.29. The molecule has 8 nitrogen and oxygen atoms in total. The third-order valence-corrected chi connectivity index (χ3v) is 8.24. The predicted molar refractivity (Wildman–Crippen MR) is 178 cm³/mol. The Morgan fingerprint density at radius 3 is 2.22 bits per heavy atom. The van der Waals surface area contributed by atoms with Crippen LogP contribution in [0.4, 0.5) is 17.1 Å². The molecule has 2 heterocycles. The third kappa shape index (κ3) is 6.81. The summed E-state index contributed by atoms with van der Waals surface area (Å²) in [4.78, 5) is 43.2. The van der Waals surface area contributed by atoms with Gasteiger partial charge in [-0.25, -0.2) is 4.79 Å². The Balaban J connectivity index is 1.31. The molecule has 228 valence electrons. The van der Waals surface area contributed by atoms with E-state index in [1.54, 1.807) is 18.2 Å². The molecule has 1 fully saturated rings. The molecule has 45 heavy (non-hydrogen) atoms. The number of rotatable bonds is 9. The summed E-state index contributed by atoms with van der Waals surface area (Å²) in [5, 5.41) is 6.39. The van der Waals surface area contributed by atoms with Gasteiger partial charge in [0.2, 0.25) is 5.91 Å². The van der Waals surface area contributed by atoms with Crippen molar-refractivity contribution in [1.29, 1.82) is 0 Å². The Morgan fingerprint density at radius 1 is 0.844 bits per heavy atom. The molecule has 8 heteroatoms. The van der Waals surface area contributed by atoms with Crippen LogP contribution >= 0.6 is 0 Å². The molecule has 0 aliphatic carbocycles. The molecule has 1 saturated heterocycles.